The number of nitrogens with zero attached hydrogens (tertiary/aromatic N) is 2. The summed E-state index contributed by atoms with van der Waals surface area (Å²) >= 11 is 11.9. The van der Waals surface area contributed by atoms with Crippen LogP contribution in [-0.2, 0) is 9.59 Å². The first-order chi connectivity index (χ1) is 13.9. The van der Waals surface area contributed by atoms with Gasteiger partial charge in [0.15, 0.2) is 12.9 Å². The molecule has 2 amide bonds. The lowest BCUT2D eigenvalue weighted by Crippen LogP contribution is -2.52. The van der Waals surface area contributed by atoms with Crippen molar-refractivity contribution < 1.29 is 14.3 Å². The molecule has 3 N–H and O–H groups in total. The minimum atomic E-state index is -0.527. The highest BCUT2D eigenvalue weighted by molar-refractivity contribution is 6.35. The van der Waals surface area contributed by atoms with Gasteiger partial charge < -0.3 is 15.4 Å². The van der Waals surface area contributed by atoms with Crippen molar-refractivity contribution in [2.24, 2.45) is 0 Å². The van der Waals surface area contributed by atoms with Crippen LogP contribution in [0.1, 0.15) is 44.1 Å². The van der Waals surface area contributed by atoms with Crippen molar-refractivity contribution in [1.82, 2.24) is 20.4 Å². The zero-order valence-corrected chi connectivity index (χ0v) is 17.3. The maximum absolute atomic E-state index is 12.5. The quantitative estimate of drug-likeness (QED) is 0.644. The van der Waals surface area contributed by atoms with Crippen molar-refractivity contribution in [3.8, 4) is 5.75 Å². The third-order valence-electron chi connectivity index (χ3n) is 4.75. The van der Waals surface area contributed by atoms with Crippen LogP contribution < -0.4 is 20.7 Å². The van der Waals surface area contributed by atoms with Gasteiger partial charge in [0.05, 0.1) is 10.7 Å². The van der Waals surface area contributed by atoms with E-state index in [-0.39, 0.29) is 24.5 Å². The van der Waals surface area contributed by atoms with E-state index in [1.54, 1.807) is 22.9 Å². The highest BCUT2D eigenvalue weighted by atomic mass is 35.5. The molecule has 2 unspecified atom stereocenters. The number of hydrogen-bond acceptors (Lipinski definition) is 5. The molecule has 2 aromatic rings. The topological polar surface area (TPSA) is 97.3 Å². The first-order valence-corrected chi connectivity index (χ1v) is 10.2. The van der Waals surface area contributed by atoms with Crippen molar-refractivity contribution in [1.29, 1.82) is 0 Å². The summed E-state index contributed by atoms with van der Waals surface area (Å²) in [5, 5.41) is 14.4. The van der Waals surface area contributed by atoms with Gasteiger partial charge in [-0.25, -0.2) is 4.68 Å². The number of aromatic nitrogens is 2. The molecular weight excluding hydrogens is 417 g/mol. The molecule has 4 rings (SSSR count). The fourth-order valence-corrected chi connectivity index (χ4v) is 3.65. The van der Waals surface area contributed by atoms with Crippen LogP contribution in [0.2, 0.25) is 10.0 Å². The Morgan fingerprint density at radius 1 is 1.34 bits per heavy atom. The number of carbonyl (C=O) groups excluding carboxylic acids is 2. The summed E-state index contributed by atoms with van der Waals surface area (Å²) in [7, 11) is 0. The smallest absolute Gasteiger partial charge is 0.263 e. The molecule has 1 aromatic carbocycles. The van der Waals surface area contributed by atoms with Crippen molar-refractivity contribution in [2.45, 2.75) is 44.4 Å². The normalized spacial score (nSPS) is 21.6. The molecule has 2 atom stereocenters. The van der Waals surface area contributed by atoms with E-state index < -0.39 is 6.29 Å². The SMILES string of the molecule is CC1CC(=O)NC(n2nc(C3CC3)cc2NC(=O)COc2ccc(Cl)cc2Cl)N1. The lowest BCUT2D eigenvalue weighted by molar-refractivity contribution is -0.125. The second kappa shape index (κ2) is 8.22. The standard InChI is InChI=1S/C19H21Cl2N5O3/c1-10-6-17(27)24-19(22-10)26-16(8-14(25-26)11-2-3-11)23-18(28)9-29-15-5-4-12(20)7-13(15)21/h4-5,7-8,10-11,19,22H,2-3,6,9H2,1H3,(H,23,28)(H,24,27). The summed E-state index contributed by atoms with van der Waals surface area (Å²) in [6.07, 6.45) is 2.01. The van der Waals surface area contributed by atoms with E-state index in [2.05, 4.69) is 21.0 Å². The van der Waals surface area contributed by atoms with Crippen LogP contribution in [0.5, 0.6) is 5.75 Å². The highest BCUT2D eigenvalue weighted by Gasteiger charge is 2.31. The zero-order valence-electron chi connectivity index (χ0n) is 15.7. The molecule has 2 heterocycles. The lowest BCUT2D eigenvalue weighted by atomic mass is 10.2. The predicted octanol–water partition coefficient (Wildman–Crippen LogP) is 3.04. The summed E-state index contributed by atoms with van der Waals surface area (Å²) in [6, 6.07) is 6.64. The Labute approximate surface area is 177 Å². The van der Waals surface area contributed by atoms with Gasteiger partial charge in [-0.15, -0.1) is 0 Å². The van der Waals surface area contributed by atoms with Crippen molar-refractivity contribution in [3.63, 3.8) is 0 Å². The molecule has 29 heavy (non-hydrogen) atoms. The number of rotatable bonds is 6. The molecule has 10 heteroatoms. The Morgan fingerprint density at radius 3 is 2.83 bits per heavy atom. The van der Waals surface area contributed by atoms with Gasteiger partial charge in [-0.2, -0.15) is 5.10 Å². The van der Waals surface area contributed by atoms with Crippen LogP contribution >= 0.6 is 23.2 Å². The van der Waals surface area contributed by atoms with Gasteiger partial charge in [0, 0.05) is 29.5 Å². The number of benzene rings is 1. The van der Waals surface area contributed by atoms with Gasteiger partial charge in [0.1, 0.15) is 11.6 Å². The van der Waals surface area contributed by atoms with Gasteiger partial charge in [-0.3, -0.25) is 14.9 Å². The predicted molar refractivity (Wildman–Crippen MR) is 109 cm³/mol. The monoisotopic (exact) mass is 437 g/mol. The molecule has 8 nitrogen and oxygen atoms in total. The van der Waals surface area contributed by atoms with Crippen molar-refractivity contribution in [2.75, 3.05) is 11.9 Å². The van der Waals surface area contributed by atoms with Gasteiger partial charge in [0.25, 0.3) is 5.91 Å². The minimum Gasteiger partial charge on any atom is -0.482 e. The van der Waals surface area contributed by atoms with E-state index in [0.29, 0.717) is 34.0 Å². The van der Waals surface area contributed by atoms with E-state index in [9.17, 15) is 9.59 Å². The number of nitrogens with one attached hydrogen (secondary N) is 3. The third kappa shape index (κ3) is 4.83. The molecule has 0 spiro atoms. The van der Waals surface area contributed by atoms with E-state index >= 15 is 0 Å². The van der Waals surface area contributed by atoms with Gasteiger partial charge in [-0.05, 0) is 38.0 Å². The Bertz CT molecular complexity index is 944. The van der Waals surface area contributed by atoms with Gasteiger partial charge in [-0.1, -0.05) is 23.2 Å². The van der Waals surface area contributed by atoms with Crippen LogP contribution in [0.15, 0.2) is 24.3 Å². The number of carbonyl (C=O) groups is 2. The first kappa shape index (κ1) is 20.0. The molecule has 154 valence electrons. The number of hydrogen-bond donors (Lipinski definition) is 3. The summed E-state index contributed by atoms with van der Waals surface area (Å²) in [4.78, 5) is 24.4. The van der Waals surface area contributed by atoms with Crippen molar-refractivity contribution in [3.05, 3.63) is 40.0 Å². The summed E-state index contributed by atoms with van der Waals surface area (Å²) in [6.45, 7) is 1.70. The van der Waals surface area contributed by atoms with E-state index in [4.69, 9.17) is 27.9 Å². The third-order valence-corrected chi connectivity index (χ3v) is 5.28. The number of anilines is 1. The molecule has 1 saturated heterocycles. The van der Waals surface area contributed by atoms with Crippen LogP contribution in [-0.4, -0.2) is 34.2 Å². The molecule has 1 aliphatic carbocycles. The Hall–Kier alpha value is -2.29. The average molecular weight is 438 g/mol. The fourth-order valence-electron chi connectivity index (χ4n) is 3.19. The van der Waals surface area contributed by atoms with Gasteiger partial charge >= 0.3 is 0 Å². The van der Waals surface area contributed by atoms with Crippen molar-refractivity contribution >= 4 is 40.8 Å². The lowest BCUT2D eigenvalue weighted by Gasteiger charge is -2.30. The Kier molecular flexibility index (Phi) is 5.67. The average Bonchev–Trinajstić information content (AvgIpc) is 3.41. The van der Waals surface area contributed by atoms with Crippen LogP contribution in [0.3, 0.4) is 0 Å². The molecule has 0 radical (unpaired) electrons. The summed E-state index contributed by atoms with van der Waals surface area (Å²) in [5.74, 6) is 0.827. The van der Waals surface area contributed by atoms with Crippen LogP contribution in [0.4, 0.5) is 5.82 Å². The second-order valence-electron chi connectivity index (χ2n) is 7.33. The number of halogens is 2. The molecule has 1 saturated carbocycles. The minimum absolute atomic E-state index is 0.00116. The van der Waals surface area contributed by atoms with E-state index in [0.717, 1.165) is 18.5 Å². The number of amides is 2. The zero-order chi connectivity index (χ0) is 20.5. The Balaban J connectivity index is 1.47. The molecule has 0 bridgehead atoms. The maximum atomic E-state index is 12.5. The largest absolute Gasteiger partial charge is 0.482 e. The molecule has 2 aliphatic rings. The van der Waals surface area contributed by atoms with E-state index in [1.165, 1.54) is 0 Å². The van der Waals surface area contributed by atoms with Gasteiger partial charge in [0.2, 0.25) is 5.91 Å². The second-order valence-corrected chi connectivity index (χ2v) is 8.17. The molecule has 2 fully saturated rings. The summed E-state index contributed by atoms with van der Waals surface area (Å²) < 4.78 is 7.10. The van der Waals surface area contributed by atoms with Crippen LogP contribution in [0.25, 0.3) is 0 Å². The fraction of sp³-hybridized carbons (Fsp3) is 0.421. The maximum Gasteiger partial charge on any atom is 0.263 e. The highest BCUT2D eigenvalue weighted by Crippen LogP contribution is 2.40. The first-order valence-electron chi connectivity index (χ1n) is 9.41. The molecule has 1 aromatic heterocycles. The molecular formula is C19H21Cl2N5O3. The molecule has 1 aliphatic heterocycles. The summed E-state index contributed by atoms with van der Waals surface area (Å²) in [5.41, 5.74) is 0.899. The number of ether oxygens (including phenoxy) is 1. The Morgan fingerprint density at radius 2 is 2.14 bits per heavy atom. The van der Waals surface area contributed by atoms with Crippen LogP contribution in [0, 0.1) is 0 Å². The van der Waals surface area contributed by atoms with E-state index in [1.807, 2.05) is 13.0 Å².